The van der Waals surface area contributed by atoms with Gasteiger partial charge in [0.1, 0.15) is 0 Å². The number of benzene rings is 1. The molecular weight excluding hydrogens is 222 g/mol. The highest BCUT2D eigenvalue weighted by molar-refractivity contribution is 9.10. The van der Waals surface area contributed by atoms with E-state index in [-0.39, 0.29) is 0 Å². The second-order valence-corrected chi connectivity index (χ2v) is 2.93. The summed E-state index contributed by atoms with van der Waals surface area (Å²) in [6, 6.07) is 4.88. The molecule has 0 saturated carbocycles. The Balaban J connectivity index is 3.28. The average Bonchev–Trinajstić information content (AvgIpc) is 2.08. The monoisotopic (exact) mass is 225 g/mol. The van der Waals surface area contributed by atoms with Gasteiger partial charge in [-0.15, -0.1) is 0 Å². The molecule has 0 aliphatic heterocycles. The second-order valence-electron chi connectivity index (χ2n) is 2.01. The van der Waals surface area contributed by atoms with Crippen LogP contribution >= 0.6 is 15.9 Å². The summed E-state index contributed by atoms with van der Waals surface area (Å²) in [5.74, 6) is 0. The highest BCUT2D eigenvalue weighted by atomic mass is 79.9. The third-order valence-electron chi connectivity index (χ3n) is 1.27. The first-order valence-corrected chi connectivity index (χ1v) is 3.87. The zero-order chi connectivity index (χ0) is 8.97. The van der Waals surface area contributed by atoms with E-state index in [0.29, 0.717) is 17.5 Å². The van der Waals surface area contributed by atoms with Crippen molar-refractivity contribution >= 4 is 27.9 Å². The maximum Gasteiger partial charge on any atom is 0.150 e. The standard InChI is InChI=1S/C7H4BrN3O/c8-6-1-2-7(10-11-9)5(3-6)4-12/h1-4H. The van der Waals surface area contributed by atoms with Gasteiger partial charge in [0.15, 0.2) is 6.29 Å². The molecule has 1 aromatic rings. The third-order valence-corrected chi connectivity index (χ3v) is 1.76. The summed E-state index contributed by atoms with van der Waals surface area (Å²) >= 11 is 3.19. The smallest absolute Gasteiger partial charge is 0.150 e. The van der Waals surface area contributed by atoms with Gasteiger partial charge >= 0.3 is 0 Å². The number of halogens is 1. The molecule has 0 saturated heterocycles. The van der Waals surface area contributed by atoms with Gasteiger partial charge in [0.05, 0.1) is 0 Å². The van der Waals surface area contributed by atoms with Crippen LogP contribution in [0.3, 0.4) is 0 Å². The molecule has 5 heteroatoms. The number of carbonyl (C=O) groups is 1. The van der Waals surface area contributed by atoms with Crippen LogP contribution in [0.2, 0.25) is 0 Å². The molecular formula is C7H4BrN3O. The summed E-state index contributed by atoms with van der Waals surface area (Å²) in [5.41, 5.74) is 8.86. The van der Waals surface area contributed by atoms with Crippen LogP contribution in [0.4, 0.5) is 5.69 Å². The lowest BCUT2D eigenvalue weighted by molar-refractivity contribution is 0.112. The molecule has 12 heavy (non-hydrogen) atoms. The molecule has 0 aliphatic carbocycles. The fourth-order valence-corrected chi connectivity index (χ4v) is 1.14. The van der Waals surface area contributed by atoms with Crippen LogP contribution in [0, 0.1) is 0 Å². The summed E-state index contributed by atoms with van der Waals surface area (Å²) in [6.45, 7) is 0. The fraction of sp³-hybridized carbons (Fsp3) is 0. The van der Waals surface area contributed by atoms with Gasteiger partial charge in [-0.25, -0.2) is 0 Å². The molecule has 0 N–H and O–H groups in total. The van der Waals surface area contributed by atoms with E-state index < -0.39 is 0 Å². The van der Waals surface area contributed by atoms with E-state index in [9.17, 15) is 4.79 Å². The summed E-state index contributed by atoms with van der Waals surface area (Å²) in [5, 5.41) is 3.35. The Hall–Kier alpha value is -1.32. The SMILES string of the molecule is [N-]=[N+]=Nc1ccc(Br)cc1C=O. The van der Waals surface area contributed by atoms with E-state index >= 15 is 0 Å². The van der Waals surface area contributed by atoms with Crippen molar-refractivity contribution in [1.29, 1.82) is 0 Å². The van der Waals surface area contributed by atoms with Crippen LogP contribution in [-0.2, 0) is 0 Å². The van der Waals surface area contributed by atoms with Crippen LogP contribution in [0.25, 0.3) is 10.4 Å². The van der Waals surface area contributed by atoms with E-state index in [1.165, 1.54) is 0 Å². The number of carbonyl (C=O) groups excluding carboxylic acids is 1. The first-order valence-electron chi connectivity index (χ1n) is 3.08. The maximum atomic E-state index is 10.5. The van der Waals surface area contributed by atoms with Crippen molar-refractivity contribution in [2.24, 2.45) is 5.11 Å². The molecule has 0 unspecified atom stereocenters. The molecule has 0 aliphatic rings. The van der Waals surface area contributed by atoms with Crippen molar-refractivity contribution in [2.45, 2.75) is 0 Å². The van der Waals surface area contributed by atoms with Gasteiger partial charge in [-0.2, -0.15) is 0 Å². The number of azide groups is 1. The minimum absolute atomic E-state index is 0.343. The lowest BCUT2D eigenvalue weighted by Gasteiger charge is -1.96. The minimum atomic E-state index is 0.343. The fourth-order valence-electron chi connectivity index (χ4n) is 0.759. The zero-order valence-corrected chi connectivity index (χ0v) is 7.52. The predicted molar refractivity (Wildman–Crippen MR) is 48.3 cm³/mol. The molecule has 0 spiro atoms. The predicted octanol–water partition coefficient (Wildman–Crippen LogP) is 3.20. The first-order chi connectivity index (χ1) is 5.77. The van der Waals surface area contributed by atoms with Gasteiger partial charge in [-0.05, 0) is 17.7 Å². The van der Waals surface area contributed by atoms with Crippen LogP contribution in [-0.4, -0.2) is 6.29 Å². The number of hydrogen-bond acceptors (Lipinski definition) is 2. The normalized spacial score (nSPS) is 8.75. The third kappa shape index (κ3) is 1.84. The van der Waals surface area contributed by atoms with Gasteiger partial charge in [0, 0.05) is 20.6 Å². The molecule has 1 rings (SSSR count). The van der Waals surface area contributed by atoms with Crippen LogP contribution in [0.15, 0.2) is 27.8 Å². The first kappa shape index (κ1) is 8.77. The van der Waals surface area contributed by atoms with Crippen LogP contribution < -0.4 is 0 Å². The van der Waals surface area contributed by atoms with Crippen molar-refractivity contribution in [3.63, 3.8) is 0 Å². The van der Waals surface area contributed by atoms with Crippen molar-refractivity contribution < 1.29 is 4.79 Å². The number of aldehydes is 1. The van der Waals surface area contributed by atoms with Gasteiger partial charge in [-0.3, -0.25) is 4.79 Å². The second kappa shape index (κ2) is 3.90. The van der Waals surface area contributed by atoms with E-state index in [0.717, 1.165) is 4.47 Å². The molecule has 0 atom stereocenters. The molecule has 60 valence electrons. The van der Waals surface area contributed by atoms with E-state index in [4.69, 9.17) is 5.53 Å². The highest BCUT2D eigenvalue weighted by Gasteiger charge is 1.98. The Morgan fingerprint density at radius 3 is 2.92 bits per heavy atom. The Bertz CT molecular complexity index is 358. The number of hydrogen-bond donors (Lipinski definition) is 0. The molecule has 0 aromatic heterocycles. The zero-order valence-electron chi connectivity index (χ0n) is 5.94. The van der Waals surface area contributed by atoms with E-state index in [1.807, 2.05) is 0 Å². The average molecular weight is 226 g/mol. The van der Waals surface area contributed by atoms with Gasteiger partial charge in [-0.1, -0.05) is 27.1 Å². The molecule has 0 heterocycles. The molecule has 0 fully saturated rings. The highest BCUT2D eigenvalue weighted by Crippen LogP contribution is 2.21. The van der Waals surface area contributed by atoms with E-state index in [1.54, 1.807) is 18.2 Å². The molecule has 4 nitrogen and oxygen atoms in total. The molecule has 1 aromatic carbocycles. The van der Waals surface area contributed by atoms with Gasteiger partial charge in [0.2, 0.25) is 0 Å². The number of rotatable bonds is 2. The van der Waals surface area contributed by atoms with Crippen molar-refractivity contribution in [2.75, 3.05) is 0 Å². The Kier molecular flexibility index (Phi) is 2.85. The summed E-state index contributed by atoms with van der Waals surface area (Å²) < 4.78 is 0.779. The summed E-state index contributed by atoms with van der Waals surface area (Å²) in [4.78, 5) is 13.0. The van der Waals surface area contributed by atoms with Crippen molar-refractivity contribution in [3.8, 4) is 0 Å². The quantitative estimate of drug-likeness (QED) is 0.330. The van der Waals surface area contributed by atoms with Crippen molar-refractivity contribution in [3.05, 3.63) is 38.7 Å². The largest absolute Gasteiger partial charge is 0.298 e. The Morgan fingerprint density at radius 1 is 1.58 bits per heavy atom. The topological polar surface area (TPSA) is 65.8 Å². The van der Waals surface area contributed by atoms with Crippen LogP contribution in [0.1, 0.15) is 10.4 Å². The van der Waals surface area contributed by atoms with E-state index in [2.05, 4.69) is 26.0 Å². The van der Waals surface area contributed by atoms with Crippen molar-refractivity contribution in [1.82, 2.24) is 0 Å². The number of nitrogens with zero attached hydrogens (tertiary/aromatic N) is 3. The lowest BCUT2D eigenvalue weighted by Crippen LogP contribution is -1.79. The van der Waals surface area contributed by atoms with Crippen LogP contribution in [0.5, 0.6) is 0 Å². The van der Waals surface area contributed by atoms with Gasteiger partial charge in [0.25, 0.3) is 0 Å². The van der Waals surface area contributed by atoms with Gasteiger partial charge < -0.3 is 0 Å². The Labute approximate surface area is 77.0 Å². The summed E-state index contributed by atoms with van der Waals surface area (Å²) in [7, 11) is 0. The Morgan fingerprint density at radius 2 is 2.33 bits per heavy atom. The molecule has 0 amide bonds. The minimum Gasteiger partial charge on any atom is -0.298 e. The summed E-state index contributed by atoms with van der Waals surface area (Å²) in [6.07, 6.45) is 0.648. The molecule has 0 radical (unpaired) electrons. The lowest BCUT2D eigenvalue weighted by atomic mass is 10.2. The maximum absolute atomic E-state index is 10.5. The molecule has 0 bridgehead atoms.